The number of halogens is 3. The molecule has 2 aromatic carbocycles. The Morgan fingerprint density at radius 2 is 1.62 bits per heavy atom. The molecule has 26 heavy (non-hydrogen) atoms. The molecule has 1 aromatic heterocycles. The van der Waals surface area contributed by atoms with E-state index in [1.165, 1.54) is 36.4 Å². The van der Waals surface area contributed by atoms with Crippen LogP contribution < -0.4 is 10.6 Å². The lowest BCUT2D eigenvalue weighted by Gasteiger charge is -2.10. The summed E-state index contributed by atoms with van der Waals surface area (Å²) in [6.07, 6.45) is 0. The summed E-state index contributed by atoms with van der Waals surface area (Å²) in [6.45, 7) is 1.61. The van der Waals surface area contributed by atoms with Crippen molar-refractivity contribution < 1.29 is 18.0 Å². The number of rotatable bonds is 4. The molecule has 8 heteroatoms. The molecule has 0 atom stereocenters. The lowest BCUT2D eigenvalue weighted by molar-refractivity contribution is 0.102. The van der Waals surface area contributed by atoms with Crippen LogP contribution in [-0.2, 0) is 0 Å². The molecule has 0 unspecified atom stereocenters. The van der Waals surface area contributed by atoms with Crippen molar-refractivity contribution in [1.29, 1.82) is 0 Å². The van der Waals surface area contributed by atoms with E-state index in [1.54, 1.807) is 6.92 Å². The quantitative estimate of drug-likeness (QED) is 0.734. The van der Waals surface area contributed by atoms with Gasteiger partial charge in [-0.2, -0.15) is 0 Å². The minimum absolute atomic E-state index is 0.0129. The third-order valence-corrected chi connectivity index (χ3v) is 3.39. The van der Waals surface area contributed by atoms with Crippen LogP contribution in [0.15, 0.2) is 48.5 Å². The number of para-hydroxylation sites is 1. The highest BCUT2D eigenvalue weighted by molar-refractivity contribution is 6.03. The van der Waals surface area contributed by atoms with Crippen LogP contribution in [0.25, 0.3) is 0 Å². The Labute approximate surface area is 146 Å². The molecule has 5 nitrogen and oxygen atoms in total. The number of aryl methyl sites for hydroxylation is 1. The molecule has 132 valence electrons. The van der Waals surface area contributed by atoms with E-state index in [-0.39, 0.29) is 11.6 Å². The van der Waals surface area contributed by atoms with Gasteiger partial charge < -0.3 is 10.6 Å². The number of carbonyl (C=O) groups is 1. The number of anilines is 3. The van der Waals surface area contributed by atoms with Crippen molar-refractivity contribution in [2.24, 2.45) is 0 Å². The second-order valence-electron chi connectivity index (χ2n) is 5.40. The van der Waals surface area contributed by atoms with Gasteiger partial charge in [0, 0.05) is 11.4 Å². The Balaban J connectivity index is 1.85. The molecular weight excluding hydrogens is 345 g/mol. The molecule has 0 radical (unpaired) electrons. The van der Waals surface area contributed by atoms with Gasteiger partial charge in [-0.05, 0) is 49.4 Å². The molecule has 0 bridgehead atoms. The van der Waals surface area contributed by atoms with E-state index in [4.69, 9.17) is 0 Å². The second-order valence-corrected chi connectivity index (χ2v) is 5.40. The maximum absolute atomic E-state index is 13.7. The number of nitrogens with zero attached hydrogens (tertiary/aromatic N) is 2. The Bertz CT molecular complexity index is 941. The third kappa shape index (κ3) is 3.97. The van der Waals surface area contributed by atoms with E-state index >= 15 is 0 Å². The Morgan fingerprint density at radius 1 is 0.962 bits per heavy atom. The second kappa shape index (κ2) is 7.22. The fraction of sp³-hybridized carbons (Fsp3) is 0.0556. The van der Waals surface area contributed by atoms with Crippen LogP contribution >= 0.6 is 0 Å². The minimum atomic E-state index is -0.813. The summed E-state index contributed by atoms with van der Waals surface area (Å²) in [6, 6.07) is 10.0. The summed E-state index contributed by atoms with van der Waals surface area (Å²) in [7, 11) is 0. The van der Waals surface area contributed by atoms with Crippen LogP contribution in [0, 0.1) is 24.4 Å². The van der Waals surface area contributed by atoms with Crippen LogP contribution in [0.5, 0.6) is 0 Å². The molecule has 0 aliphatic heterocycles. The number of nitrogens with one attached hydrogen (secondary N) is 2. The number of benzene rings is 2. The average molecular weight is 358 g/mol. The van der Waals surface area contributed by atoms with Gasteiger partial charge in [0.25, 0.3) is 5.91 Å². The summed E-state index contributed by atoms with van der Waals surface area (Å²) in [5.74, 6) is -2.75. The molecule has 0 saturated carbocycles. The lowest BCUT2D eigenvalue weighted by Crippen LogP contribution is -2.15. The maximum Gasteiger partial charge on any atom is 0.274 e. The predicted molar refractivity (Wildman–Crippen MR) is 90.8 cm³/mol. The molecule has 3 rings (SSSR count). The minimum Gasteiger partial charge on any atom is -0.321 e. The number of hydrogen-bond acceptors (Lipinski definition) is 4. The average Bonchev–Trinajstić information content (AvgIpc) is 2.60. The molecule has 1 heterocycles. The topological polar surface area (TPSA) is 66.9 Å². The number of aromatic nitrogens is 2. The summed E-state index contributed by atoms with van der Waals surface area (Å²) < 4.78 is 40.4. The molecule has 3 aromatic rings. The van der Waals surface area contributed by atoms with Crippen molar-refractivity contribution in [1.82, 2.24) is 9.97 Å². The largest absolute Gasteiger partial charge is 0.321 e. The monoisotopic (exact) mass is 358 g/mol. The first kappa shape index (κ1) is 17.4. The van der Waals surface area contributed by atoms with Crippen molar-refractivity contribution in [2.75, 3.05) is 10.6 Å². The van der Waals surface area contributed by atoms with Gasteiger partial charge in [-0.3, -0.25) is 4.79 Å². The van der Waals surface area contributed by atoms with Crippen molar-refractivity contribution in [3.8, 4) is 0 Å². The van der Waals surface area contributed by atoms with Gasteiger partial charge in [0.2, 0.25) is 5.95 Å². The van der Waals surface area contributed by atoms with Crippen molar-refractivity contribution in [3.63, 3.8) is 0 Å². The van der Waals surface area contributed by atoms with Crippen molar-refractivity contribution >= 4 is 23.2 Å². The molecule has 0 aliphatic rings. The molecule has 0 fully saturated rings. The van der Waals surface area contributed by atoms with Gasteiger partial charge in [-0.15, -0.1) is 0 Å². The van der Waals surface area contributed by atoms with Gasteiger partial charge in [-0.1, -0.05) is 6.07 Å². The Hall–Kier alpha value is -3.42. The summed E-state index contributed by atoms with van der Waals surface area (Å²) in [5, 5.41) is 5.00. The summed E-state index contributed by atoms with van der Waals surface area (Å²) in [5.41, 5.74) is 0.370. The maximum atomic E-state index is 13.7. The standard InChI is InChI=1S/C18H13F3N4O/c1-10-9-15(17(26)23-12-7-5-11(19)6-8-12)24-18(22-10)25-16-13(20)3-2-4-14(16)21/h2-9H,1H3,(H,23,26)(H,22,24,25). The highest BCUT2D eigenvalue weighted by atomic mass is 19.1. The number of carbonyl (C=O) groups excluding carboxylic acids is 1. The Kier molecular flexibility index (Phi) is 4.83. The highest BCUT2D eigenvalue weighted by Gasteiger charge is 2.14. The van der Waals surface area contributed by atoms with Crippen molar-refractivity contribution in [2.45, 2.75) is 6.92 Å². The zero-order valence-electron chi connectivity index (χ0n) is 13.6. The van der Waals surface area contributed by atoms with E-state index in [1.807, 2.05) is 0 Å². The fourth-order valence-corrected chi connectivity index (χ4v) is 2.20. The van der Waals surface area contributed by atoms with Gasteiger partial charge in [0.1, 0.15) is 28.8 Å². The summed E-state index contributed by atoms with van der Waals surface area (Å²) in [4.78, 5) is 20.3. The SMILES string of the molecule is Cc1cc(C(=O)Nc2ccc(F)cc2)nc(Nc2c(F)cccc2F)n1. The van der Waals surface area contributed by atoms with Crippen molar-refractivity contribution in [3.05, 3.63) is 77.4 Å². The number of hydrogen-bond donors (Lipinski definition) is 2. The van der Waals surface area contributed by atoms with Gasteiger partial charge >= 0.3 is 0 Å². The molecule has 2 N–H and O–H groups in total. The normalized spacial score (nSPS) is 10.5. The van der Waals surface area contributed by atoms with Crippen LogP contribution in [0.4, 0.5) is 30.5 Å². The Morgan fingerprint density at radius 3 is 2.27 bits per heavy atom. The van der Waals surface area contributed by atoms with Crippen LogP contribution in [0.1, 0.15) is 16.2 Å². The zero-order valence-corrected chi connectivity index (χ0v) is 13.6. The lowest BCUT2D eigenvalue weighted by atomic mass is 10.2. The smallest absolute Gasteiger partial charge is 0.274 e. The van der Waals surface area contributed by atoms with Gasteiger partial charge in [-0.25, -0.2) is 23.1 Å². The zero-order chi connectivity index (χ0) is 18.7. The third-order valence-electron chi connectivity index (χ3n) is 3.39. The van der Waals surface area contributed by atoms with Gasteiger partial charge in [0.15, 0.2) is 0 Å². The molecule has 0 aliphatic carbocycles. The summed E-state index contributed by atoms with van der Waals surface area (Å²) >= 11 is 0. The highest BCUT2D eigenvalue weighted by Crippen LogP contribution is 2.21. The molecule has 0 saturated heterocycles. The molecule has 1 amide bonds. The van der Waals surface area contributed by atoms with E-state index in [0.717, 1.165) is 12.1 Å². The van der Waals surface area contributed by atoms with Crippen LogP contribution in [0.2, 0.25) is 0 Å². The van der Waals surface area contributed by atoms with Crippen LogP contribution in [-0.4, -0.2) is 15.9 Å². The first-order valence-electron chi connectivity index (χ1n) is 7.56. The predicted octanol–water partition coefficient (Wildman–Crippen LogP) is 4.20. The first-order chi connectivity index (χ1) is 12.4. The molecular formula is C18H13F3N4O. The van der Waals surface area contributed by atoms with E-state index < -0.39 is 29.0 Å². The van der Waals surface area contributed by atoms with Crippen LogP contribution in [0.3, 0.4) is 0 Å². The van der Waals surface area contributed by atoms with E-state index in [2.05, 4.69) is 20.6 Å². The number of amides is 1. The molecule has 0 spiro atoms. The van der Waals surface area contributed by atoms with E-state index in [9.17, 15) is 18.0 Å². The first-order valence-corrected chi connectivity index (χ1v) is 7.56. The van der Waals surface area contributed by atoms with E-state index in [0.29, 0.717) is 11.4 Å². The fourth-order valence-electron chi connectivity index (χ4n) is 2.20. The van der Waals surface area contributed by atoms with Gasteiger partial charge in [0.05, 0.1) is 0 Å².